The molecule has 3 aromatic rings. The fraction of sp³-hybridized carbons (Fsp3) is 0.0588. The summed E-state index contributed by atoms with van der Waals surface area (Å²) in [4.78, 5) is 25.8. The molecule has 0 fully saturated rings. The molecule has 0 aliphatic rings. The van der Waals surface area contributed by atoms with Gasteiger partial charge in [-0.25, -0.2) is 4.39 Å². The largest absolute Gasteiger partial charge is 0.484 e. The molecule has 1 aromatic heterocycles. The Morgan fingerprint density at radius 1 is 1.17 bits per heavy atom. The van der Waals surface area contributed by atoms with Gasteiger partial charge in [0.2, 0.25) is 0 Å². The number of primary amides is 1. The first-order valence-electron chi connectivity index (χ1n) is 7.12. The highest BCUT2D eigenvalue weighted by atomic mass is 19.1. The van der Waals surface area contributed by atoms with Gasteiger partial charge in [-0.05, 0) is 42.5 Å². The summed E-state index contributed by atoms with van der Waals surface area (Å²) in [5, 5.41) is 3.05. The third kappa shape index (κ3) is 3.35. The molecular weight excluding hydrogens is 313 g/mol. The molecule has 3 rings (SSSR count). The van der Waals surface area contributed by atoms with E-state index in [0.29, 0.717) is 22.3 Å². The number of hydrogen-bond donors (Lipinski definition) is 3. The van der Waals surface area contributed by atoms with Crippen molar-refractivity contribution < 1.29 is 18.7 Å². The number of nitrogens with two attached hydrogens (primary N) is 1. The number of carbonyl (C=O) groups is 2. The normalized spacial score (nSPS) is 10.5. The Morgan fingerprint density at radius 2 is 1.92 bits per heavy atom. The van der Waals surface area contributed by atoms with Crippen molar-refractivity contribution in [1.29, 1.82) is 0 Å². The van der Waals surface area contributed by atoms with Gasteiger partial charge in [0.15, 0.2) is 6.61 Å². The van der Waals surface area contributed by atoms with E-state index in [1.54, 1.807) is 36.4 Å². The number of hydrogen-bond acceptors (Lipinski definition) is 3. The van der Waals surface area contributed by atoms with Crippen molar-refractivity contribution in [3.05, 3.63) is 60.0 Å². The van der Waals surface area contributed by atoms with Crippen LogP contribution in [0.3, 0.4) is 0 Å². The fourth-order valence-corrected chi connectivity index (χ4v) is 2.23. The summed E-state index contributed by atoms with van der Waals surface area (Å²) < 4.78 is 18.8. The molecular formula is C17H14FN3O3. The van der Waals surface area contributed by atoms with Crippen molar-refractivity contribution in [2.45, 2.75) is 0 Å². The number of ether oxygens (including phenoxy) is 1. The predicted molar refractivity (Wildman–Crippen MR) is 87.3 cm³/mol. The fourth-order valence-electron chi connectivity index (χ4n) is 2.23. The maximum absolute atomic E-state index is 13.7. The second-order valence-corrected chi connectivity index (χ2v) is 5.12. The van der Waals surface area contributed by atoms with Crippen LogP contribution in [-0.2, 0) is 4.79 Å². The topological polar surface area (TPSA) is 97.2 Å². The first-order valence-corrected chi connectivity index (χ1v) is 7.12. The standard InChI is InChI=1S/C17H14FN3O3/c18-13-2-1-3-14-12(13)8-15(21-14)17(23)20-10-4-6-11(7-5-10)24-9-16(19)22/h1-8,21H,9H2,(H2,19,22)(H,20,23). The Hall–Kier alpha value is -3.35. The zero-order valence-electron chi connectivity index (χ0n) is 12.5. The summed E-state index contributed by atoms with van der Waals surface area (Å²) in [7, 11) is 0. The Morgan fingerprint density at radius 3 is 2.58 bits per heavy atom. The lowest BCUT2D eigenvalue weighted by Gasteiger charge is -2.06. The van der Waals surface area contributed by atoms with Gasteiger partial charge in [-0.3, -0.25) is 9.59 Å². The quantitative estimate of drug-likeness (QED) is 0.671. The van der Waals surface area contributed by atoms with Crippen LogP contribution in [0.2, 0.25) is 0 Å². The van der Waals surface area contributed by atoms with Crippen LogP contribution in [0, 0.1) is 5.82 Å². The van der Waals surface area contributed by atoms with E-state index in [9.17, 15) is 14.0 Å². The number of aromatic nitrogens is 1. The first-order chi connectivity index (χ1) is 11.5. The molecule has 7 heteroatoms. The molecule has 0 spiro atoms. The van der Waals surface area contributed by atoms with Gasteiger partial charge in [0.25, 0.3) is 11.8 Å². The molecule has 0 saturated heterocycles. The molecule has 122 valence electrons. The van der Waals surface area contributed by atoms with E-state index in [2.05, 4.69) is 10.3 Å². The number of rotatable bonds is 5. The molecule has 2 amide bonds. The Kier molecular flexibility index (Phi) is 4.15. The van der Waals surface area contributed by atoms with Gasteiger partial charge < -0.3 is 20.8 Å². The van der Waals surface area contributed by atoms with E-state index in [1.807, 2.05) is 0 Å². The number of aromatic amines is 1. The summed E-state index contributed by atoms with van der Waals surface area (Å²) in [6.07, 6.45) is 0. The van der Waals surface area contributed by atoms with Gasteiger partial charge in [0, 0.05) is 16.6 Å². The van der Waals surface area contributed by atoms with Gasteiger partial charge in [-0.2, -0.15) is 0 Å². The number of carbonyl (C=O) groups excluding carboxylic acids is 2. The lowest BCUT2D eigenvalue weighted by Crippen LogP contribution is -2.20. The molecule has 0 bridgehead atoms. The highest BCUT2D eigenvalue weighted by Gasteiger charge is 2.12. The van der Waals surface area contributed by atoms with E-state index in [4.69, 9.17) is 10.5 Å². The van der Waals surface area contributed by atoms with Gasteiger partial charge >= 0.3 is 0 Å². The van der Waals surface area contributed by atoms with Crippen molar-refractivity contribution in [2.24, 2.45) is 5.73 Å². The average Bonchev–Trinajstić information content (AvgIpc) is 3.00. The summed E-state index contributed by atoms with van der Waals surface area (Å²) in [6.45, 7) is -0.216. The lowest BCUT2D eigenvalue weighted by atomic mass is 10.2. The van der Waals surface area contributed by atoms with Crippen molar-refractivity contribution >= 4 is 28.4 Å². The van der Waals surface area contributed by atoms with Crippen LogP contribution < -0.4 is 15.8 Å². The summed E-state index contributed by atoms with van der Waals surface area (Å²) >= 11 is 0. The van der Waals surface area contributed by atoms with Crippen LogP contribution in [0.5, 0.6) is 5.75 Å². The molecule has 0 radical (unpaired) electrons. The molecule has 6 nitrogen and oxygen atoms in total. The maximum Gasteiger partial charge on any atom is 0.272 e. The molecule has 4 N–H and O–H groups in total. The predicted octanol–water partition coefficient (Wildman–Crippen LogP) is 2.42. The van der Waals surface area contributed by atoms with Crippen LogP contribution >= 0.6 is 0 Å². The first kappa shape index (κ1) is 15.5. The number of amides is 2. The molecule has 24 heavy (non-hydrogen) atoms. The van der Waals surface area contributed by atoms with Gasteiger partial charge in [-0.1, -0.05) is 6.07 Å². The Balaban J connectivity index is 1.71. The monoisotopic (exact) mass is 327 g/mol. The number of fused-ring (bicyclic) bond motifs is 1. The lowest BCUT2D eigenvalue weighted by molar-refractivity contribution is -0.119. The minimum Gasteiger partial charge on any atom is -0.484 e. The van der Waals surface area contributed by atoms with Crippen LogP contribution in [-0.4, -0.2) is 23.4 Å². The van der Waals surface area contributed by atoms with Crippen LogP contribution in [0.15, 0.2) is 48.5 Å². The molecule has 0 aliphatic heterocycles. The number of benzene rings is 2. The summed E-state index contributed by atoms with van der Waals surface area (Å²) in [5.74, 6) is -0.895. The smallest absolute Gasteiger partial charge is 0.272 e. The van der Waals surface area contributed by atoms with Crippen molar-refractivity contribution in [3.8, 4) is 5.75 Å². The van der Waals surface area contributed by atoms with E-state index in [-0.39, 0.29) is 12.3 Å². The van der Waals surface area contributed by atoms with Crippen LogP contribution in [0.25, 0.3) is 10.9 Å². The molecule has 0 atom stereocenters. The second kappa shape index (κ2) is 6.41. The average molecular weight is 327 g/mol. The SMILES string of the molecule is NC(=O)COc1ccc(NC(=O)c2cc3c(F)cccc3[nH]2)cc1. The molecule has 0 saturated carbocycles. The Labute approximate surface area is 136 Å². The number of H-pyrrole nitrogens is 1. The Bertz CT molecular complexity index is 903. The number of anilines is 1. The van der Waals surface area contributed by atoms with Gasteiger partial charge in [0.1, 0.15) is 17.3 Å². The molecule has 0 unspecified atom stereocenters. The highest BCUT2D eigenvalue weighted by Crippen LogP contribution is 2.20. The van der Waals surface area contributed by atoms with Crippen molar-refractivity contribution in [2.75, 3.05) is 11.9 Å². The van der Waals surface area contributed by atoms with E-state index < -0.39 is 17.6 Å². The molecule has 0 aliphatic carbocycles. The van der Waals surface area contributed by atoms with Crippen LogP contribution in [0.4, 0.5) is 10.1 Å². The number of halogens is 1. The molecule has 2 aromatic carbocycles. The zero-order chi connectivity index (χ0) is 17.1. The van der Waals surface area contributed by atoms with Crippen LogP contribution in [0.1, 0.15) is 10.5 Å². The van der Waals surface area contributed by atoms with E-state index >= 15 is 0 Å². The van der Waals surface area contributed by atoms with Gasteiger partial charge in [0.05, 0.1) is 0 Å². The summed E-state index contributed by atoms with van der Waals surface area (Å²) in [5.41, 5.74) is 6.33. The maximum atomic E-state index is 13.7. The summed E-state index contributed by atoms with van der Waals surface area (Å²) in [6, 6.07) is 12.5. The van der Waals surface area contributed by atoms with E-state index in [1.165, 1.54) is 12.1 Å². The zero-order valence-corrected chi connectivity index (χ0v) is 12.5. The van der Waals surface area contributed by atoms with Crippen molar-refractivity contribution in [3.63, 3.8) is 0 Å². The highest BCUT2D eigenvalue weighted by molar-refractivity contribution is 6.06. The minimum absolute atomic E-state index is 0.216. The van der Waals surface area contributed by atoms with E-state index in [0.717, 1.165) is 0 Å². The van der Waals surface area contributed by atoms with Crippen molar-refractivity contribution in [1.82, 2.24) is 4.98 Å². The third-order valence-corrected chi connectivity index (χ3v) is 3.35. The van der Waals surface area contributed by atoms with Gasteiger partial charge in [-0.15, -0.1) is 0 Å². The minimum atomic E-state index is -0.571. The third-order valence-electron chi connectivity index (χ3n) is 3.35. The molecule has 1 heterocycles. The number of nitrogens with one attached hydrogen (secondary N) is 2. The second-order valence-electron chi connectivity index (χ2n) is 5.12.